The summed E-state index contributed by atoms with van der Waals surface area (Å²) in [7, 11) is 0. The van der Waals surface area contributed by atoms with Crippen LogP contribution in [-0.2, 0) is 0 Å². The number of aliphatic hydroxyl groups is 1. The first-order chi connectivity index (χ1) is 10.8. The fraction of sp³-hybridized carbons (Fsp3) is 1.00. The van der Waals surface area contributed by atoms with Crippen LogP contribution in [-0.4, -0.2) is 11.2 Å². The third kappa shape index (κ3) is 7.16. The van der Waals surface area contributed by atoms with Crippen molar-refractivity contribution in [3.63, 3.8) is 0 Å². The molecule has 23 heavy (non-hydrogen) atoms. The molecule has 0 bridgehead atoms. The second-order valence-corrected chi connectivity index (χ2v) is 9.35. The Morgan fingerprint density at radius 2 is 1.61 bits per heavy atom. The molecule has 1 heteroatoms. The maximum atomic E-state index is 10.9. The van der Waals surface area contributed by atoms with Crippen LogP contribution in [0.3, 0.4) is 0 Å². The van der Waals surface area contributed by atoms with Gasteiger partial charge in [-0.2, -0.15) is 0 Å². The maximum absolute atomic E-state index is 10.9. The summed E-state index contributed by atoms with van der Waals surface area (Å²) in [5, 5.41) is 10.9. The van der Waals surface area contributed by atoms with Crippen molar-refractivity contribution in [2.75, 3.05) is 0 Å². The van der Waals surface area contributed by atoms with E-state index in [9.17, 15) is 5.11 Å². The number of rotatable bonds is 6. The second-order valence-electron chi connectivity index (χ2n) is 9.35. The van der Waals surface area contributed by atoms with Crippen molar-refractivity contribution in [1.29, 1.82) is 0 Å². The van der Waals surface area contributed by atoms with E-state index in [4.69, 9.17) is 0 Å². The van der Waals surface area contributed by atoms with Gasteiger partial charge in [0.2, 0.25) is 0 Å². The van der Waals surface area contributed by atoms with E-state index < -0.39 is 0 Å². The summed E-state index contributed by atoms with van der Waals surface area (Å²) in [6.45, 7) is 11.9. The van der Waals surface area contributed by atoms with Crippen LogP contribution in [0.2, 0.25) is 0 Å². The number of aliphatic hydroxyl groups excluding tert-OH is 1. The van der Waals surface area contributed by atoms with E-state index in [-0.39, 0.29) is 11.5 Å². The van der Waals surface area contributed by atoms with E-state index in [0.29, 0.717) is 11.3 Å². The highest BCUT2D eigenvalue weighted by Gasteiger charge is 2.37. The van der Waals surface area contributed by atoms with Crippen LogP contribution in [0, 0.1) is 16.7 Å². The molecule has 1 N–H and O–H groups in total. The van der Waals surface area contributed by atoms with Crippen LogP contribution in [0.5, 0.6) is 0 Å². The lowest BCUT2D eigenvalue weighted by molar-refractivity contribution is -0.0204. The fourth-order valence-corrected chi connectivity index (χ4v) is 4.19. The van der Waals surface area contributed by atoms with Gasteiger partial charge in [-0.15, -0.1) is 0 Å². The summed E-state index contributed by atoms with van der Waals surface area (Å²) in [5.74, 6) is 0.630. The molecule has 0 saturated heterocycles. The Morgan fingerprint density at radius 3 is 2.22 bits per heavy atom. The molecule has 1 rings (SSSR count). The normalized spacial score (nSPS) is 29.7. The van der Waals surface area contributed by atoms with Gasteiger partial charge in [0.25, 0.3) is 0 Å². The Kier molecular flexibility index (Phi) is 9.19. The monoisotopic (exact) mass is 324 g/mol. The number of hydrogen-bond acceptors (Lipinski definition) is 1. The van der Waals surface area contributed by atoms with Crippen LogP contribution in [0.25, 0.3) is 0 Å². The molecule has 0 aromatic carbocycles. The molecule has 0 spiro atoms. The van der Waals surface area contributed by atoms with E-state index in [0.717, 1.165) is 6.42 Å². The van der Waals surface area contributed by atoms with Gasteiger partial charge < -0.3 is 5.11 Å². The van der Waals surface area contributed by atoms with Crippen molar-refractivity contribution in [2.24, 2.45) is 16.7 Å². The van der Waals surface area contributed by atoms with Crippen molar-refractivity contribution < 1.29 is 5.11 Å². The zero-order valence-corrected chi connectivity index (χ0v) is 16.8. The van der Waals surface area contributed by atoms with Gasteiger partial charge in [-0.25, -0.2) is 0 Å². The molecule has 1 saturated carbocycles. The van der Waals surface area contributed by atoms with Crippen molar-refractivity contribution >= 4 is 0 Å². The summed E-state index contributed by atoms with van der Waals surface area (Å²) in [5.41, 5.74) is 0.605. The summed E-state index contributed by atoms with van der Waals surface area (Å²) in [6.07, 6.45) is 16.6. The molecule has 0 aliphatic heterocycles. The minimum Gasteiger partial charge on any atom is -0.393 e. The quantitative estimate of drug-likeness (QED) is 0.551. The third-order valence-electron chi connectivity index (χ3n) is 7.03. The van der Waals surface area contributed by atoms with E-state index in [1.807, 2.05) is 0 Å². The highest BCUT2D eigenvalue weighted by atomic mass is 16.3. The first-order valence-corrected chi connectivity index (χ1v) is 10.5. The molecule has 0 heterocycles. The molecule has 1 aliphatic carbocycles. The van der Waals surface area contributed by atoms with Gasteiger partial charge in [-0.05, 0) is 36.0 Å². The Bertz CT molecular complexity index is 309. The molecule has 3 atom stereocenters. The Labute approximate surface area is 146 Å². The van der Waals surface area contributed by atoms with Gasteiger partial charge in [-0.1, -0.05) is 98.8 Å². The highest BCUT2D eigenvalue weighted by molar-refractivity contribution is 4.87. The number of hydrogen-bond donors (Lipinski definition) is 1. The van der Waals surface area contributed by atoms with Gasteiger partial charge in [0.15, 0.2) is 0 Å². The van der Waals surface area contributed by atoms with Gasteiger partial charge in [0.1, 0.15) is 0 Å². The topological polar surface area (TPSA) is 20.2 Å². The summed E-state index contributed by atoms with van der Waals surface area (Å²) >= 11 is 0. The van der Waals surface area contributed by atoms with E-state index in [2.05, 4.69) is 34.6 Å². The average molecular weight is 325 g/mol. The molecule has 0 aromatic rings. The molecule has 1 aliphatic rings. The molecule has 3 unspecified atom stereocenters. The van der Waals surface area contributed by atoms with Gasteiger partial charge in [-0.3, -0.25) is 0 Å². The lowest BCUT2D eigenvalue weighted by atomic mass is 9.67. The molecular weight excluding hydrogens is 280 g/mol. The Morgan fingerprint density at radius 1 is 1.04 bits per heavy atom. The van der Waals surface area contributed by atoms with Crippen LogP contribution in [0.15, 0.2) is 0 Å². The Balaban J connectivity index is 2.60. The fourth-order valence-electron chi connectivity index (χ4n) is 4.19. The van der Waals surface area contributed by atoms with Crippen LogP contribution in [0.1, 0.15) is 118 Å². The van der Waals surface area contributed by atoms with Gasteiger partial charge in [0.05, 0.1) is 6.10 Å². The smallest absolute Gasteiger partial charge is 0.0596 e. The van der Waals surface area contributed by atoms with Crippen LogP contribution >= 0.6 is 0 Å². The average Bonchev–Trinajstić information content (AvgIpc) is 2.55. The first-order valence-electron chi connectivity index (χ1n) is 10.5. The van der Waals surface area contributed by atoms with E-state index in [1.165, 1.54) is 77.0 Å². The summed E-state index contributed by atoms with van der Waals surface area (Å²) in [4.78, 5) is 0. The third-order valence-corrected chi connectivity index (χ3v) is 7.03. The van der Waals surface area contributed by atoms with E-state index >= 15 is 0 Å². The largest absolute Gasteiger partial charge is 0.393 e. The SMILES string of the molecule is CCC(C)(C)CCCC(C)C1(C)CCCCCCCCCC1O. The lowest BCUT2D eigenvalue weighted by Crippen LogP contribution is -2.38. The van der Waals surface area contributed by atoms with E-state index in [1.54, 1.807) is 0 Å². The highest BCUT2D eigenvalue weighted by Crippen LogP contribution is 2.42. The lowest BCUT2D eigenvalue weighted by Gasteiger charge is -2.41. The minimum absolute atomic E-state index is 0.102. The molecular formula is C22H44O. The molecule has 0 amide bonds. The minimum atomic E-state index is -0.102. The summed E-state index contributed by atoms with van der Waals surface area (Å²) < 4.78 is 0. The van der Waals surface area contributed by atoms with Crippen molar-refractivity contribution in [3.8, 4) is 0 Å². The van der Waals surface area contributed by atoms with Crippen molar-refractivity contribution in [2.45, 2.75) is 124 Å². The zero-order chi connectivity index (χ0) is 17.3. The zero-order valence-electron chi connectivity index (χ0n) is 16.8. The summed E-state index contributed by atoms with van der Waals surface area (Å²) in [6, 6.07) is 0. The second kappa shape index (κ2) is 10.1. The molecule has 1 nitrogen and oxygen atoms in total. The first kappa shape index (κ1) is 21.0. The van der Waals surface area contributed by atoms with Crippen molar-refractivity contribution in [1.82, 2.24) is 0 Å². The molecule has 0 aromatic heterocycles. The molecule has 0 radical (unpaired) electrons. The van der Waals surface area contributed by atoms with Crippen LogP contribution in [0.4, 0.5) is 0 Å². The van der Waals surface area contributed by atoms with Crippen molar-refractivity contribution in [3.05, 3.63) is 0 Å². The van der Waals surface area contributed by atoms with Crippen LogP contribution < -0.4 is 0 Å². The van der Waals surface area contributed by atoms with Gasteiger partial charge >= 0.3 is 0 Å². The van der Waals surface area contributed by atoms with Gasteiger partial charge in [0, 0.05) is 0 Å². The predicted octanol–water partition coefficient (Wildman–Crippen LogP) is 7.12. The standard InChI is InChI=1S/C22H44O/c1-6-21(3,4)17-14-15-19(2)22(5)18-13-11-9-7-8-10-12-16-20(22)23/h19-20,23H,6-18H2,1-5H3. The molecule has 1 fully saturated rings. The molecule has 138 valence electrons. The maximum Gasteiger partial charge on any atom is 0.0596 e. The Hall–Kier alpha value is -0.0400. The predicted molar refractivity (Wildman–Crippen MR) is 103 cm³/mol.